The lowest BCUT2D eigenvalue weighted by Gasteiger charge is -2.19. The summed E-state index contributed by atoms with van der Waals surface area (Å²) < 4.78 is 0. The maximum absolute atomic E-state index is 11.0. The van der Waals surface area contributed by atoms with Crippen LogP contribution in [-0.4, -0.2) is 22.6 Å². The molecule has 1 aliphatic rings. The van der Waals surface area contributed by atoms with E-state index in [1.807, 2.05) is 43.3 Å². The van der Waals surface area contributed by atoms with Gasteiger partial charge >= 0.3 is 5.97 Å². The van der Waals surface area contributed by atoms with Gasteiger partial charge in [-0.1, -0.05) is 24.3 Å². The molecule has 0 spiro atoms. The topological polar surface area (TPSA) is 53.4 Å². The van der Waals surface area contributed by atoms with Crippen molar-refractivity contribution >= 4 is 11.7 Å². The van der Waals surface area contributed by atoms with Gasteiger partial charge in [0.1, 0.15) is 0 Å². The summed E-state index contributed by atoms with van der Waals surface area (Å²) in [7, 11) is 0. The molecule has 2 aromatic rings. The lowest BCUT2D eigenvalue weighted by molar-refractivity contribution is -0.137. The Morgan fingerprint density at radius 1 is 1.29 bits per heavy atom. The number of pyridine rings is 1. The van der Waals surface area contributed by atoms with Crippen LogP contribution in [0.15, 0.2) is 42.5 Å². The summed E-state index contributed by atoms with van der Waals surface area (Å²) in [5, 5.41) is 9.08. The third-order valence-corrected chi connectivity index (χ3v) is 3.88. The smallest absolute Gasteiger partial charge is 0.304 e. The van der Waals surface area contributed by atoms with Crippen molar-refractivity contribution in [2.45, 2.75) is 25.8 Å². The molecule has 21 heavy (non-hydrogen) atoms. The maximum atomic E-state index is 11.0. The van der Waals surface area contributed by atoms with Crippen LogP contribution in [0.3, 0.4) is 0 Å². The number of fused-ring (bicyclic) bond motifs is 1. The van der Waals surface area contributed by atoms with Gasteiger partial charge in [0.15, 0.2) is 0 Å². The number of anilines is 1. The number of rotatable bonds is 4. The van der Waals surface area contributed by atoms with Crippen LogP contribution in [0.1, 0.15) is 29.3 Å². The average molecular weight is 282 g/mol. The van der Waals surface area contributed by atoms with Crippen molar-refractivity contribution in [3.63, 3.8) is 0 Å². The number of carboxylic acid groups (broad SMARTS) is 1. The van der Waals surface area contributed by atoms with E-state index in [0.29, 0.717) is 0 Å². The first-order valence-electron chi connectivity index (χ1n) is 7.11. The van der Waals surface area contributed by atoms with E-state index in [1.165, 1.54) is 0 Å². The molecule has 1 aromatic carbocycles. The number of carbonyl (C=O) groups is 1. The van der Waals surface area contributed by atoms with Crippen LogP contribution in [0.4, 0.5) is 5.69 Å². The van der Waals surface area contributed by atoms with Gasteiger partial charge in [-0.15, -0.1) is 0 Å². The normalized spacial score (nSPS) is 16.8. The number of para-hydroxylation sites is 1. The van der Waals surface area contributed by atoms with Crippen molar-refractivity contribution in [3.05, 3.63) is 59.4 Å². The molecule has 1 unspecified atom stereocenters. The van der Waals surface area contributed by atoms with Gasteiger partial charge in [0.2, 0.25) is 0 Å². The predicted molar refractivity (Wildman–Crippen MR) is 81.5 cm³/mol. The minimum absolute atomic E-state index is 0.0588. The van der Waals surface area contributed by atoms with Gasteiger partial charge in [-0.05, 0) is 30.7 Å². The van der Waals surface area contributed by atoms with Gasteiger partial charge in [0.05, 0.1) is 18.7 Å². The van der Waals surface area contributed by atoms with Crippen LogP contribution in [-0.2, 0) is 11.3 Å². The van der Waals surface area contributed by atoms with E-state index in [1.54, 1.807) is 0 Å². The van der Waals surface area contributed by atoms with Gasteiger partial charge < -0.3 is 10.0 Å². The Morgan fingerprint density at radius 3 is 2.86 bits per heavy atom. The Morgan fingerprint density at radius 2 is 2.10 bits per heavy atom. The van der Waals surface area contributed by atoms with Gasteiger partial charge in [-0.3, -0.25) is 9.78 Å². The average Bonchev–Trinajstić information content (AvgIpc) is 2.77. The van der Waals surface area contributed by atoms with Crippen LogP contribution in [0.5, 0.6) is 0 Å². The molecule has 108 valence electrons. The molecule has 0 amide bonds. The number of benzene rings is 1. The molecule has 0 saturated carbocycles. The summed E-state index contributed by atoms with van der Waals surface area (Å²) in [6, 6.07) is 14.1. The van der Waals surface area contributed by atoms with E-state index < -0.39 is 5.97 Å². The molecule has 4 nitrogen and oxygen atoms in total. The van der Waals surface area contributed by atoms with Crippen molar-refractivity contribution in [1.29, 1.82) is 0 Å². The molecular formula is C17H18N2O2. The third-order valence-electron chi connectivity index (χ3n) is 3.88. The lowest BCUT2D eigenvalue weighted by atomic mass is 9.98. The van der Waals surface area contributed by atoms with E-state index in [9.17, 15) is 4.79 Å². The zero-order valence-electron chi connectivity index (χ0n) is 12.0. The van der Waals surface area contributed by atoms with Crippen LogP contribution in [0.25, 0.3) is 0 Å². The Bertz CT molecular complexity index is 669. The van der Waals surface area contributed by atoms with Gasteiger partial charge in [0.25, 0.3) is 0 Å². The highest BCUT2D eigenvalue weighted by molar-refractivity contribution is 5.71. The standard InChI is InChI=1S/C17H18N2O2/c1-12-5-4-6-14(18-12)11-19-10-13(9-17(20)21)15-7-2-3-8-16(15)19/h2-8,13H,9-11H2,1H3,(H,20,21). The monoisotopic (exact) mass is 282 g/mol. The molecule has 0 bridgehead atoms. The molecule has 0 radical (unpaired) electrons. The summed E-state index contributed by atoms with van der Waals surface area (Å²) in [6.07, 6.45) is 0.175. The lowest BCUT2D eigenvalue weighted by Crippen LogP contribution is -2.22. The number of hydrogen-bond acceptors (Lipinski definition) is 3. The van der Waals surface area contributed by atoms with Crippen LogP contribution >= 0.6 is 0 Å². The molecule has 3 rings (SSSR count). The second-order valence-electron chi connectivity index (χ2n) is 5.50. The highest BCUT2D eigenvalue weighted by atomic mass is 16.4. The summed E-state index contributed by atoms with van der Waals surface area (Å²) in [4.78, 5) is 17.8. The van der Waals surface area contributed by atoms with E-state index >= 15 is 0 Å². The van der Waals surface area contributed by atoms with E-state index in [2.05, 4.69) is 16.0 Å². The third kappa shape index (κ3) is 2.89. The number of aromatic nitrogens is 1. The summed E-state index contributed by atoms with van der Waals surface area (Å²) in [5.74, 6) is -0.686. The Kier molecular flexibility index (Phi) is 3.60. The zero-order chi connectivity index (χ0) is 14.8. The van der Waals surface area contributed by atoms with Crippen molar-refractivity contribution < 1.29 is 9.90 Å². The number of hydrogen-bond donors (Lipinski definition) is 1. The number of aryl methyl sites for hydroxylation is 1. The molecule has 1 atom stereocenters. The molecule has 0 aliphatic carbocycles. The van der Waals surface area contributed by atoms with E-state index in [-0.39, 0.29) is 12.3 Å². The number of aliphatic carboxylic acids is 1. The van der Waals surface area contributed by atoms with E-state index in [4.69, 9.17) is 5.11 Å². The first-order chi connectivity index (χ1) is 10.1. The minimum Gasteiger partial charge on any atom is -0.481 e. The Hall–Kier alpha value is -2.36. The number of carboxylic acids is 1. The SMILES string of the molecule is Cc1cccc(CN2CC(CC(=O)O)c3ccccc32)n1. The summed E-state index contributed by atoms with van der Waals surface area (Å²) in [6.45, 7) is 3.44. The molecule has 1 aromatic heterocycles. The van der Waals surface area contributed by atoms with Crippen LogP contribution in [0, 0.1) is 6.92 Å². The Balaban J connectivity index is 1.85. The fourth-order valence-corrected chi connectivity index (χ4v) is 3.00. The zero-order valence-corrected chi connectivity index (χ0v) is 12.0. The second-order valence-corrected chi connectivity index (χ2v) is 5.50. The second kappa shape index (κ2) is 5.56. The molecule has 0 fully saturated rings. The first kappa shape index (κ1) is 13.6. The fraction of sp³-hybridized carbons (Fsp3) is 0.294. The molecular weight excluding hydrogens is 264 g/mol. The summed E-state index contributed by atoms with van der Waals surface area (Å²) >= 11 is 0. The molecule has 1 aliphatic heterocycles. The van der Waals surface area contributed by atoms with Crippen LogP contribution < -0.4 is 4.90 Å². The van der Waals surface area contributed by atoms with Crippen molar-refractivity contribution in [3.8, 4) is 0 Å². The van der Waals surface area contributed by atoms with Crippen LogP contribution in [0.2, 0.25) is 0 Å². The van der Waals surface area contributed by atoms with E-state index in [0.717, 1.165) is 35.7 Å². The van der Waals surface area contributed by atoms with Crippen molar-refractivity contribution in [2.24, 2.45) is 0 Å². The maximum Gasteiger partial charge on any atom is 0.304 e. The van der Waals surface area contributed by atoms with Gasteiger partial charge in [0, 0.05) is 23.8 Å². The summed E-state index contributed by atoms with van der Waals surface area (Å²) in [5.41, 5.74) is 4.28. The largest absolute Gasteiger partial charge is 0.481 e. The van der Waals surface area contributed by atoms with Crippen molar-refractivity contribution in [1.82, 2.24) is 4.98 Å². The minimum atomic E-state index is -0.745. The van der Waals surface area contributed by atoms with Crippen molar-refractivity contribution in [2.75, 3.05) is 11.4 Å². The molecule has 4 heteroatoms. The first-order valence-corrected chi connectivity index (χ1v) is 7.11. The molecule has 1 N–H and O–H groups in total. The molecule has 2 heterocycles. The highest BCUT2D eigenvalue weighted by Gasteiger charge is 2.29. The fourth-order valence-electron chi connectivity index (χ4n) is 3.00. The number of nitrogens with zero attached hydrogens (tertiary/aromatic N) is 2. The predicted octanol–water partition coefficient (Wildman–Crippen LogP) is 2.97. The molecule has 0 saturated heterocycles. The van der Waals surface area contributed by atoms with Gasteiger partial charge in [-0.25, -0.2) is 0 Å². The highest BCUT2D eigenvalue weighted by Crippen LogP contribution is 2.38. The Labute approximate surface area is 124 Å². The quantitative estimate of drug-likeness (QED) is 0.936. The van der Waals surface area contributed by atoms with Gasteiger partial charge in [-0.2, -0.15) is 0 Å².